The summed E-state index contributed by atoms with van der Waals surface area (Å²) in [4.78, 5) is 0. The number of rotatable bonds is 4. The molecule has 1 fully saturated rings. The third-order valence-electron chi connectivity index (χ3n) is 2.48. The molecule has 2 N–H and O–H groups in total. The van der Waals surface area contributed by atoms with E-state index in [0.717, 1.165) is 0 Å². The predicted molar refractivity (Wildman–Crippen MR) is 50.4 cm³/mol. The van der Waals surface area contributed by atoms with Crippen molar-refractivity contribution in [2.75, 3.05) is 27.9 Å². The van der Waals surface area contributed by atoms with Crippen molar-refractivity contribution in [1.82, 2.24) is 0 Å². The van der Waals surface area contributed by atoms with Gasteiger partial charge in [-0.15, -0.1) is 0 Å². The third kappa shape index (κ3) is 2.66. The van der Waals surface area contributed by atoms with Gasteiger partial charge in [0.2, 0.25) is 0 Å². The predicted octanol–water partition coefficient (Wildman–Crippen LogP) is -1.26. The molecule has 15 heavy (non-hydrogen) atoms. The van der Waals surface area contributed by atoms with Gasteiger partial charge in [-0.1, -0.05) is 0 Å². The number of methoxy groups -OCH3 is 3. The lowest BCUT2D eigenvalue weighted by atomic mass is 9.99. The third-order valence-corrected chi connectivity index (χ3v) is 2.48. The summed E-state index contributed by atoms with van der Waals surface area (Å²) < 4.78 is 20.2. The van der Waals surface area contributed by atoms with Crippen molar-refractivity contribution in [2.45, 2.75) is 30.7 Å². The molecule has 5 atom stereocenters. The molecule has 0 bridgehead atoms. The molecule has 0 aliphatic carbocycles. The van der Waals surface area contributed by atoms with Crippen molar-refractivity contribution in [2.24, 2.45) is 0 Å². The van der Waals surface area contributed by atoms with Gasteiger partial charge in [0.15, 0.2) is 6.29 Å². The van der Waals surface area contributed by atoms with Gasteiger partial charge in [-0.2, -0.15) is 0 Å². The molecule has 0 saturated carbocycles. The van der Waals surface area contributed by atoms with E-state index in [1.54, 1.807) is 0 Å². The van der Waals surface area contributed by atoms with Crippen LogP contribution in [0.3, 0.4) is 0 Å². The second-order valence-electron chi connectivity index (χ2n) is 3.42. The molecular weight excluding hydrogens is 204 g/mol. The van der Waals surface area contributed by atoms with Crippen LogP contribution in [0, 0.1) is 0 Å². The number of ether oxygens (including phenoxy) is 4. The van der Waals surface area contributed by atoms with Crippen LogP contribution in [0.15, 0.2) is 0 Å². The van der Waals surface area contributed by atoms with E-state index >= 15 is 0 Å². The summed E-state index contributed by atoms with van der Waals surface area (Å²) in [5.74, 6) is 0. The Morgan fingerprint density at radius 2 is 1.73 bits per heavy atom. The molecular formula is C9H18O6. The maximum absolute atomic E-state index is 9.80. The highest BCUT2D eigenvalue weighted by Gasteiger charge is 2.44. The molecule has 90 valence electrons. The van der Waals surface area contributed by atoms with E-state index in [1.807, 2.05) is 0 Å². The standard InChI is InChI=1S/C9H18O6/c1-12-4-5-6(10)8(13-2)7(11)9(14-3)15-5/h5-11H,4H2,1-3H3/t5-,6-,7-,8+,9+/m1/s1. The molecule has 0 aromatic rings. The van der Waals surface area contributed by atoms with Crippen LogP contribution in [0.5, 0.6) is 0 Å². The van der Waals surface area contributed by atoms with Crippen LogP contribution < -0.4 is 0 Å². The SMILES string of the molecule is COC[C@H]1O[C@H](OC)[C@H](O)[C@@H](OC)[C@@H]1O. The van der Waals surface area contributed by atoms with Crippen molar-refractivity contribution in [3.05, 3.63) is 0 Å². The summed E-state index contributed by atoms with van der Waals surface area (Å²) in [5.41, 5.74) is 0. The van der Waals surface area contributed by atoms with Crippen LogP contribution >= 0.6 is 0 Å². The molecule has 0 aromatic heterocycles. The monoisotopic (exact) mass is 222 g/mol. The summed E-state index contributed by atoms with van der Waals surface area (Å²) >= 11 is 0. The molecule has 1 rings (SSSR count). The van der Waals surface area contributed by atoms with Crippen LogP contribution in [0.1, 0.15) is 0 Å². The minimum Gasteiger partial charge on any atom is -0.387 e. The van der Waals surface area contributed by atoms with E-state index in [4.69, 9.17) is 18.9 Å². The molecule has 6 heteroatoms. The lowest BCUT2D eigenvalue weighted by Crippen LogP contribution is -2.59. The van der Waals surface area contributed by atoms with Gasteiger partial charge in [0, 0.05) is 21.3 Å². The summed E-state index contributed by atoms with van der Waals surface area (Å²) in [7, 11) is 4.34. The van der Waals surface area contributed by atoms with Gasteiger partial charge in [-0.05, 0) is 0 Å². The molecule has 0 amide bonds. The zero-order chi connectivity index (χ0) is 11.4. The molecule has 0 unspecified atom stereocenters. The van der Waals surface area contributed by atoms with Crippen molar-refractivity contribution >= 4 is 0 Å². The van der Waals surface area contributed by atoms with Crippen molar-refractivity contribution < 1.29 is 29.2 Å². The maximum atomic E-state index is 9.80. The highest BCUT2D eigenvalue weighted by Crippen LogP contribution is 2.23. The van der Waals surface area contributed by atoms with E-state index in [9.17, 15) is 10.2 Å². The number of aliphatic hydroxyl groups excluding tert-OH is 2. The second kappa shape index (κ2) is 5.74. The minimum atomic E-state index is -1.01. The lowest BCUT2D eigenvalue weighted by Gasteiger charge is -2.41. The zero-order valence-corrected chi connectivity index (χ0v) is 9.12. The molecule has 1 saturated heterocycles. The van der Waals surface area contributed by atoms with Crippen molar-refractivity contribution in [1.29, 1.82) is 0 Å². The molecule has 1 aliphatic heterocycles. The molecule has 1 aliphatic rings. The second-order valence-corrected chi connectivity index (χ2v) is 3.42. The lowest BCUT2D eigenvalue weighted by molar-refractivity contribution is -0.299. The van der Waals surface area contributed by atoms with Crippen LogP contribution in [-0.4, -0.2) is 68.9 Å². The number of hydrogen-bond acceptors (Lipinski definition) is 6. The van der Waals surface area contributed by atoms with Crippen LogP contribution in [0.2, 0.25) is 0 Å². The smallest absolute Gasteiger partial charge is 0.186 e. The van der Waals surface area contributed by atoms with Gasteiger partial charge in [-0.25, -0.2) is 0 Å². The summed E-state index contributed by atoms with van der Waals surface area (Å²) in [5, 5.41) is 19.5. The average molecular weight is 222 g/mol. The van der Waals surface area contributed by atoms with E-state index in [-0.39, 0.29) is 6.61 Å². The average Bonchev–Trinajstić information content (AvgIpc) is 2.23. The first-order valence-electron chi connectivity index (χ1n) is 4.71. The van der Waals surface area contributed by atoms with Crippen LogP contribution in [-0.2, 0) is 18.9 Å². The quantitative estimate of drug-likeness (QED) is 0.618. The normalized spacial score (nSPS) is 41.8. The van der Waals surface area contributed by atoms with E-state index in [0.29, 0.717) is 0 Å². The first kappa shape index (κ1) is 12.8. The van der Waals surface area contributed by atoms with Gasteiger partial charge in [0.25, 0.3) is 0 Å². The summed E-state index contributed by atoms with van der Waals surface area (Å²) in [6.45, 7) is 0.216. The van der Waals surface area contributed by atoms with E-state index in [1.165, 1.54) is 21.3 Å². The molecule has 0 aromatic carbocycles. The Labute approximate surface area is 88.7 Å². The molecule has 0 radical (unpaired) electrons. The highest BCUT2D eigenvalue weighted by atomic mass is 16.7. The fourth-order valence-corrected chi connectivity index (χ4v) is 1.68. The Balaban J connectivity index is 2.70. The largest absolute Gasteiger partial charge is 0.387 e. The molecule has 1 heterocycles. The van der Waals surface area contributed by atoms with E-state index in [2.05, 4.69) is 0 Å². The minimum absolute atomic E-state index is 0.216. The van der Waals surface area contributed by atoms with E-state index < -0.39 is 30.7 Å². The van der Waals surface area contributed by atoms with Crippen molar-refractivity contribution in [3.63, 3.8) is 0 Å². The Bertz CT molecular complexity index is 187. The molecule has 6 nitrogen and oxygen atoms in total. The first-order chi connectivity index (χ1) is 7.15. The first-order valence-corrected chi connectivity index (χ1v) is 4.71. The Hall–Kier alpha value is -0.240. The Kier molecular flexibility index (Phi) is 4.91. The fraction of sp³-hybridized carbons (Fsp3) is 1.00. The van der Waals surface area contributed by atoms with Gasteiger partial charge >= 0.3 is 0 Å². The summed E-state index contributed by atoms with van der Waals surface area (Å²) in [6.07, 6.45) is -4.05. The zero-order valence-electron chi connectivity index (χ0n) is 9.12. The summed E-state index contributed by atoms with van der Waals surface area (Å²) in [6, 6.07) is 0. The Morgan fingerprint density at radius 3 is 2.20 bits per heavy atom. The van der Waals surface area contributed by atoms with Crippen LogP contribution in [0.4, 0.5) is 0 Å². The molecule has 0 spiro atoms. The van der Waals surface area contributed by atoms with Gasteiger partial charge in [0.05, 0.1) is 6.61 Å². The van der Waals surface area contributed by atoms with Crippen LogP contribution in [0.25, 0.3) is 0 Å². The van der Waals surface area contributed by atoms with Gasteiger partial charge in [-0.3, -0.25) is 0 Å². The van der Waals surface area contributed by atoms with Crippen molar-refractivity contribution in [3.8, 4) is 0 Å². The topological polar surface area (TPSA) is 77.4 Å². The van der Waals surface area contributed by atoms with Gasteiger partial charge < -0.3 is 29.2 Å². The Morgan fingerprint density at radius 1 is 1.07 bits per heavy atom. The number of hydrogen-bond donors (Lipinski definition) is 2. The number of aliphatic hydroxyl groups is 2. The maximum Gasteiger partial charge on any atom is 0.186 e. The fourth-order valence-electron chi connectivity index (χ4n) is 1.68. The highest BCUT2D eigenvalue weighted by molar-refractivity contribution is 4.90. The van der Waals surface area contributed by atoms with Gasteiger partial charge in [0.1, 0.15) is 24.4 Å².